The van der Waals surface area contributed by atoms with Gasteiger partial charge in [0.05, 0.1) is 38.6 Å². The Morgan fingerprint density at radius 2 is 0.707 bits per heavy atom. The number of hydrogen-bond donors (Lipinski definition) is 12. The maximum absolute atomic E-state index is 13.5. The van der Waals surface area contributed by atoms with Gasteiger partial charge in [-0.1, -0.05) is 278 Å². The van der Waals surface area contributed by atoms with Crippen LogP contribution in [0.5, 0.6) is 0 Å². The third-order valence-corrected chi connectivity index (χ3v) is 18.9. The van der Waals surface area contributed by atoms with Gasteiger partial charge in [0.15, 0.2) is 18.9 Å². The van der Waals surface area contributed by atoms with Crippen LogP contribution < -0.4 is 5.32 Å². The number of ether oxygens (including phenoxy) is 6. The van der Waals surface area contributed by atoms with Crippen LogP contribution in [0, 0.1) is 0 Å². The lowest BCUT2D eigenvalue weighted by Gasteiger charge is -2.48. The normalized spacial score (nSPS) is 27.1. The fourth-order valence-corrected chi connectivity index (χ4v) is 12.6. The molecule has 1 amide bonds. The minimum Gasteiger partial charge on any atom is -0.394 e. The molecule has 572 valence electrons. The SMILES string of the molecule is CC/C=C\C/C=C\C/C=C\C/C=C\C/C=C\C/C=C\CCCCCCCCCCCCCCCCC(=O)NC(COC1OC(CO)C(OC2OC(CO)C(OC3OC(CO)C(O)C(O)C3O)C(O)C2O)C(O)C1O)C(O)/C=C/CC/C=C/CCCCCCCCCCCCCCCCC. The number of hydrogen-bond acceptors (Lipinski definition) is 18. The van der Waals surface area contributed by atoms with Gasteiger partial charge in [0.25, 0.3) is 0 Å². The van der Waals surface area contributed by atoms with Gasteiger partial charge in [-0.25, -0.2) is 0 Å². The van der Waals surface area contributed by atoms with Crippen molar-refractivity contribution < 1.29 is 89.4 Å². The second-order valence-electron chi connectivity index (χ2n) is 27.4. The van der Waals surface area contributed by atoms with E-state index in [1.165, 1.54) is 154 Å². The summed E-state index contributed by atoms with van der Waals surface area (Å²) < 4.78 is 34.4. The molecule has 3 aliphatic heterocycles. The first-order valence-electron chi connectivity index (χ1n) is 39.0. The van der Waals surface area contributed by atoms with Crippen molar-refractivity contribution in [3.63, 3.8) is 0 Å². The van der Waals surface area contributed by atoms with Crippen molar-refractivity contribution in [2.24, 2.45) is 0 Å². The maximum atomic E-state index is 13.5. The summed E-state index contributed by atoms with van der Waals surface area (Å²) in [5.74, 6) is -0.287. The Labute approximate surface area is 596 Å². The van der Waals surface area contributed by atoms with Crippen molar-refractivity contribution in [2.45, 2.75) is 375 Å². The van der Waals surface area contributed by atoms with Gasteiger partial charge in [0.1, 0.15) is 73.2 Å². The number of carbonyl (C=O) groups is 1. The first kappa shape index (κ1) is 89.9. The number of aliphatic hydroxyl groups excluding tert-OH is 11. The fraction of sp³-hybridized carbons (Fsp3) is 0.787. The number of aliphatic hydroxyl groups is 11. The van der Waals surface area contributed by atoms with Crippen molar-refractivity contribution in [2.75, 3.05) is 26.4 Å². The van der Waals surface area contributed by atoms with Gasteiger partial charge in [-0.05, 0) is 83.5 Å². The van der Waals surface area contributed by atoms with Crippen molar-refractivity contribution in [1.29, 1.82) is 0 Å². The molecule has 17 atom stereocenters. The second kappa shape index (κ2) is 60.0. The quantitative estimate of drug-likeness (QED) is 0.0199. The molecule has 0 aliphatic carbocycles. The third-order valence-electron chi connectivity index (χ3n) is 18.9. The molecule has 19 nitrogen and oxygen atoms in total. The summed E-state index contributed by atoms with van der Waals surface area (Å²) in [5.41, 5.74) is 0. The monoisotopic (exact) mass is 1400 g/mol. The molecule has 0 saturated carbocycles. The molecule has 3 rings (SSSR count). The fourth-order valence-electron chi connectivity index (χ4n) is 12.6. The third kappa shape index (κ3) is 40.5. The predicted octanol–water partition coefficient (Wildman–Crippen LogP) is 12.4. The molecule has 3 saturated heterocycles. The minimum absolute atomic E-state index is 0.230. The molecule has 3 fully saturated rings. The van der Waals surface area contributed by atoms with Crippen molar-refractivity contribution in [3.8, 4) is 0 Å². The Morgan fingerprint density at radius 3 is 1.13 bits per heavy atom. The van der Waals surface area contributed by atoms with Gasteiger partial charge in [0, 0.05) is 6.42 Å². The van der Waals surface area contributed by atoms with E-state index >= 15 is 0 Å². The zero-order chi connectivity index (χ0) is 71.8. The molecule has 0 radical (unpaired) electrons. The molecule has 0 aromatic rings. The van der Waals surface area contributed by atoms with Crippen LogP contribution in [-0.4, -0.2) is 193 Å². The average molecular weight is 1400 g/mol. The highest BCUT2D eigenvalue weighted by atomic mass is 16.8. The Bertz CT molecular complexity index is 2170. The van der Waals surface area contributed by atoms with Crippen LogP contribution in [0.15, 0.2) is 97.2 Å². The zero-order valence-corrected chi connectivity index (χ0v) is 60.9. The Balaban J connectivity index is 1.38. The van der Waals surface area contributed by atoms with E-state index in [1.807, 2.05) is 6.08 Å². The summed E-state index contributed by atoms with van der Waals surface area (Å²) in [6.45, 7) is 1.62. The van der Waals surface area contributed by atoms with Crippen molar-refractivity contribution >= 4 is 5.91 Å². The standard InChI is InChI=1S/C80H139NO18/c1-3-5-7-9-11-13-15-17-19-21-23-25-26-27-28-29-30-31-32-33-34-35-36-38-40-42-44-46-48-50-52-54-56-58-68(86)81-63(64(85)57-55-53-51-49-47-45-43-41-39-37-24-22-20-18-16-14-12-10-8-6-4-2)62-94-78-74(92)71(89)76(66(60-83)96-78)99-80-75(93)72(90)77(67(61-84)97-80)98-79-73(91)70(88)69(87)65(59-82)95-79/h5,7,11,13,17,19,23,25,27-28,30-31,47,49,55,57,63-67,69-80,82-85,87-93H,3-4,6,8-10,12,14-16,18,20-22,24,26,29,32-46,48,50-54,56,58-62H2,1-2H3,(H,81,86)/b7-5-,13-11-,19-17-,25-23-,28-27-,31-30-,49-47+,57-55+. The van der Waals surface area contributed by atoms with Gasteiger partial charge in [0.2, 0.25) is 5.91 Å². The molecular weight excluding hydrogens is 1260 g/mol. The number of amides is 1. The highest BCUT2D eigenvalue weighted by molar-refractivity contribution is 5.76. The van der Waals surface area contributed by atoms with Crippen molar-refractivity contribution in [1.82, 2.24) is 5.32 Å². The molecule has 3 heterocycles. The van der Waals surface area contributed by atoms with E-state index < -0.39 is 124 Å². The van der Waals surface area contributed by atoms with Gasteiger partial charge >= 0.3 is 0 Å². The average Bonchev–Trinajstić information content (AvgIpc) is 0.761. The second-order valence-corrected chi connectivity index (χ2v) is 27.4. The number of rotatable bonds is 60. The van der Waals surface area contributed by atoms with E-state index in [4.69, 9.17) is 28.4 Å². The molecule has 99 heavy (non-hydrogen) atoms. The van der Waals surface area contributed by atoms with Crippen LogP contribution in [0.25, 0.3) is 0 Å². The van der Waals surface area contributed by atoms with Gasteiger partial charge < -0.3 is 89.9 Å². The van der Waals surface area contributed by atoms with E-state index in [0.29, 0.717) is 12.8 Å². The van der Waals surface area contributed by atoms with E-state index in [2.05, 4.69) is 104 Å². The first-order valence-corrected chi connectivity index (χ1v) is 39.0. The van der Waals surface area contributed by atoms with Crippen LogP contribution in [0.4, 0.5) is 0 Å². The topological polar surface area (TPSA) is 307 Å². The smallest absolute Gasteiger partial charge is 0.220 e. The van der Waals surface area contributed by atoms with Crippen LogP contribution >= 0.6 is 0 Å². The lowest BCUT2D eigenvalue weighted by atomic mass is 9.96. The molecule has 12 N–H and O–H groups in total. The number of carbonyl (C=O) groups excluding carboxylic acids is 1. The molecule has 0 aromatic carbocycles. The summed E-state index contributed by atoms with van der Waals surface area (Å²) in [6, 6.07) is -0.997. The molecule has 17 unspecified atom stereocenters. The Kier molecular flexibility index (Phi) is 54.5. The summed E-state index contributed by atoms with van der Waals surface area (Å²) in [4.78, 5) is 13.5. The molecule has 0 spiro atoms. The maximum Gasteiger partial charge on any atom is 0.220 e. The molecule has 3 aliphatic rings. The van der Waals surface area contributed by atoms with Crippen LogP contribution in [0.3, 0.4) is 0 Å². The largest absolute Gasteiger partial charge is 0.394 e. The zero-order valence-electron chi connectivity index (χ0n) is 60.9. The lowest BCUT2D eigenvalue weighted by molar-refractivity contribution is -0.379. The summed E-state index contributed by atoms with van der Waals surface area (Å²) >= 11 is 0. The molecule has 0 bridgehead atoms. The van der Waals surface area contributed by atoms with Crippen LogP contribution in [0.1, 0.15) is 271 Å². The molecule has 0 aromatic heterocycles. The van der Waals surface area contributed by atoms with Crippen LogP contribution in [-0.2, 0) is 33.2 Å². The lowest BCUT2D eigenvalue weighted by Crippen LogP contribution is -2.66. The van der Waals surface area contributed by atoms with Crippen molar-refractivity contribution in [3.05, 3.63) is 97.2 Å². The molecular formula is C80H139NO18. The highest BCUT2D eigenvalue weighted by Crippen LogP contribution is 2.33. The van der Waals surface area contributed by atoms with E-state index in [0.717, 1.165) is 83.5 Å². The van der Waals surface area contributed by atoms with E-state index in [-0.39, 0.29) is 18.9 Å². The summed E-state index contributed by atoms with van der Waals surface area (Å²) in [7, 11) is 0. The summed E-state index contributed by atoms with van der Waals surface area (Å²) in [5, 5.41) is 121. The number of unbranched alkanes of at least 4 members (excludes halogenated alkanes) is 30. The Morgan fingerprint density at radius 1 is 0.374 bits per heavy atom. The predicted molar refractivity (Wildman–Crippen MR) is 392 cm³/mol. The number of allylic oxidation sites excluding steroid dienone is 15. The first-order chi connectivity index (χ1) is 48.3. The summed E-state index contributed by atoms with van der Waals surface area (Å²) in [6.07, 6.45) is 53.8. The van der Waals surface area contributed by atoms with Crippen LogP contribution in [0.2, 0.25) is 0 Å². The molecule has 19 heteroatoms. The number of nitrogens with one attached hydrogen (secondary N) is 1. The van der Waals surface area contributed by atoms with Gasteiger partial charge in [-0.15, -0.1) is 0 Å². The minimum atomic E-state index is -1.98. The van der Waals surface area contributed by atoms with E-state index in [9.17, 15) is 61.0 Å². The highest BCUT2D eigenvalue weighted by Gasteiger charge is 2.53. The van der Waals surface area contributed by atoms with Gasteiger partial charge in [-0.3, -0.25) is 4.79 Å². The van der Waals surface area contributed by atoms with E-state index in [1.54, 1.807) is 6.08 Å². The van der Waals surface area contributed by atoms with Gasteiger partial charge in [-0.2, -0.15) is 0 Å². The Hall–Kier alpha value is -3.29.